The molecule has 2 aromatic rings. The molecule has 112 valence electrons. The lowest BCUT2D eigenvalue weighted by Gasteiger charge is -2.24. The van der Waals surface area contributed by atoms with Crippen molar-refractivity contribution < 1.29 is 9.59 Å². The molecule has 0 saturated carbocycles. The molecule has 0 aliphatic carbocycles. The molecule has 2 atom stereocenters. The fraction of sp³-hybridized carbons (Fsp3) is 0.222. The number of hydrogen-bond acceptors (Lipinski definition) is 2. The molecule has 2 amide bonds. The Bertz CT molecular complexity index is 670. The number of amides is 2. The second-order valence-electron chi connectivity index (χ2n) is 5.53. The van der Waals surface area contributed by atoms with E-state index in [4.69, 9.17) is 0 Å². The minimum atomic E-state index is -0.375. The van der Waals surface area contributed by atoms with Crippen molar-refractivity contribution in [2.75, 3.05) is 12.4 Å². The Hall–Kier alpha value is -2.62. The van der Waals surface area contributed by atoms with Gasteiger partial charge in [0.2, 0.25) is 11.8 Å². The Kier molecular flexibility index (Phi) is 3.92. The van der Waals surface area contributed by atoms with Gasteiger partial charge in [0.1, 0.15) is 0 Å². The lowest BCUT2D eigenvalue weighted by atomic mass is 9.93. The van der Waals surface area contributed by atoms with Crippen LogP contribution in [0.4, 0.5) is 5.69 Å². The number of para-hydroxylation sites is 1. The quantitative estimate of drug-likeness (QED) is 0.946. The predicted octanol–water partition coefficient (Wildman–Crippen LogP) is 2.84. The maximum atomic E-state index is 12.6. The van der Waals surface area contributed by atoms with Gasteiger partial charge in [-0.2, -0.15) is 0 Å². The molecule has 1 saturated heterocycles. The van der Waals surface area contributed by atoms with Gasteiger partial charge in [0.15, 0.2) is 0 Å². The number of carbonyl (C=O) groups is 2. The van der Waals surface area contributed by atoms with Crippen LogP contribution in [0.5, 0.6) is 0 Å². The summed E-state index contributed by atoms with van der Waals surface area (Å²) in [7, 11) is 1.76. The molecular formula is C18H18N2O2. The van der Waals surface area contributed by atoms with Gasteiger partial charge < -0.3 is 10.2 Å². The first-order chi connectivity index (χ1) is 10.7. The van der Waals surface area contributed by atoms with E-state index in [1.807, 2.05) is 60.7 Å². The van der Waals surface area contributed by atoms with E-state index in [2.05, 4.69) is 5.32 Å². The molecule has 0 spiro atoms. The number of likely N-dealkylation sites (tertiary alicyclic amines) is 1. The van der Waals surface area contributed by atoms with Crippen LogP contribution in [-0.2, 0) is 9.59 Å². The van der Waals surface area contributed by atoms with Gasteiger partial charge >= 0.3 is 0 Å². The number of hydrogen-bond donors (Lipinski definition) is 1. The van der Waals surface area contributed by atoms with Gasteiger partial charge in [-0.25, -0.2) is 0 Å². The van der Waals surface area contributed by atoms with Gasteiger partial charge in [0.25, 0.3) is 0 Å². The zero-order chi connectivity index (χ0) is 15.5. The molecule has 2 unspecified atom stereocenters. The summed E-state index contributed by atoms with van der Waals surface area (Å²) >= 11 is 0. The summed E-state index contributed by atoms with van der Waals surface area (Å²) in [6.45, 7) is 0. The van der Waals surface area contributed by atoms with Crippen molar-refractivity contribution >= 4 is 17.5 Å². The third kappa shape index (κ3) is 2.72. The van der Waals surface area contributed by atoms with Crippen molar-refractivity contribution in [1.29, 1.82) is 0 Å². The second kappa shape index (κ2) is 6.02. The number of nitrogens with zero attached hydrogens (tertiary/aromatic N) is 1. The molecule has 1 heterocycles. The Labute approximate surface area is 129 Å². The summed E-state index contributed by atoms with van der Waals surface area (Å²) in [4.78, 5) is 26.3. The van der Waals surface area contributed by atoms with Crippen molar-refractivity contribution in [3.8, 4) is 0 Å². The molecule has 1 aliphatic heterocycles. The van der Waals surface area contributed by atoms with Crippen molar-refractivity contribution in [2.45, 2.75) is 12.5 Å². The third-order valence-corrected chi connectivity index (χ3v) is 4.11. The largest absolute Gasteiger partial charge is 0.338 e. The minimum absolute atomic E-state index is 0.00191. The van der Waals surface area contributed by atoms with Gasteiger partial charge in [-0.05, 0) is 17.7 Å². The van der Waals surface area contributed by atoms with Crippen LogP contribution in [0, 0.1) is 5.92 Å². The van der Waals surface area contributed by atoms with E-state index in [1.165, 1.54) is 0 Å². The average molecular weight is 294 g/mol. The topological polar surface area (TPSA) is 49.4 Å². The molecule has 0 bridgehead atoms. The van der Waals surface area contributed by atoms with Crippen LogP contribution in [0.3, 0.4) is 0 Å². The van der Waals surface area contributed by atoms with Crippen LogP contribution in [0.2, 0.25) is 0 Å². The third-order valence-electron chi connectivity index (χ3n) is 4.11. The summed E-state index contributed by atoms with van der Waals surface area (Å²) in [5.74, 6) is -0.486. The zero-order valence-electron chi connectivity index (χ0n) is 12.4. The summed E-state index contributed by atoms with van der Waals surface area (Å²) in [6, 6.07) is 18.8. The maximum absolute atomic E-state index is 12.6. The van der Waals surface area contributed by atoms with Crippen molar-refractivity contribution in [3.05, 3.63) is 66.2 Å². The highest BCUT2D eigenvalue weighted by molar-refractivity contribution is 5.97. The van der Waals surface area contributed by atoms with Crippen LogP contribution in [0.1, 0.15) is 18.0 Å². The highest BCUT2D eigenvalue weighted by atomic mass is 16.2. The molecule has 0 radical (unpaired) electrons. The molecule has 22 heavy (non-hydrogen) atoms. The van der Waals surface area contributed by atoms with Crippen molar-refractivity contribution in [1.82, 2.24) is 4.90 Å². The Morgan fingerprint density at radius 3 is 2.27 bits per heavy atom. The normalized spacial score (nSPS) is 21.0. The van der Waals surface area contributed by atoms with E-state index in [9.17, 15) is 9.59 Å². The van der Waals surface area contributed by atoms with E-state index >= 15 is 0 Å². The monoisotopic (exact) mass is 294 g/mol. The highest BCUT2D eigenvalue weighted by Gasteiger charge is 2.42. The lowest BCUT2D eigenvalue weighted by Crippen LogP contribution is -2.29. The van der Waals surface area contributed by atoms with Gasteiger partial charge in [-0.1, -0.05) is 48.5 Å². The molecule has 4 nitrogen and oxygen atoms in total. The molecule has 1 aliphatic rings. The molecule has 3 rings (SSSR count). The number of nitrogens with one attached hydrogen (secondary N) is 1. The number of carbonyl (C=O) groups excluding carboxylic acids is 2. The summed E-state index contributed by atoms with van der Waals surface area (Å²) in [6.07, 6.45) is 0.245. The Morgan fingerprint density at radius 1 is 1.05 bits per heavy atom. The smallest absolute Gasteiger partial charge is 0.230 e. The molecular weight excluding hydrogens is 276 g/mol. The molecule has 4 heteroatoms. The van der Waals surface area contributed by atoms with Gasteiger partial charge in [-0.15, -0.1) is 0 Å². The van der Waals surface area contributed by atoms with Gasteiger partial charge in [0.05, 0.1) is 12.0 Å². The van der Waals surface area contributed by atoms with Crippen molar-refractivity contribution in [2.24, 2.45) is 5.92 Å². The first kappa shape index (κ1) is 14.3. The van der Waals surface area contributed by atoms with E-state index in [0.717, 1.165) is 11.3 Å². The van der Waals surface area contributed by atoms with E-state index < -0.39 is 0 Å². The van der Waals surface area contributed by atoms with Crippen LogP contribution >= 0.6 is 0 Å². The molecule has 1 fully saturated rings. The highest BCUT2D eigenvalue weighted by Crippen LogP contribution is 2.37. The van der Waals surface area contributed by atoms with Crippen LogP contribution < -0.4 is 5.32 Å². The number of rotatable bonds is 3. The van der Waals surface area contributed by atoms with Gasteiger partial charge in [0, 0.05) is 19.2 Å². The average Bonchev–Trinajstić information content (AvgIpc) is 2.85. The van der Waals surface area contributed by atoms with Crippen LogP contribution in [0.15, 0.2) is 60.7 Å². The fourth-order valence-electron chi connectivity index (χ4n) is 2.97. The summed E-state index contributed by atoms with van der Waals surface area (Å²) < 4.78 is 0. The van der Waals surface area contributed by atoms with E-state index in [0.29, 0.717) is 0 Å². The maximum Gasteiger partial charge on any atom is 0.230 e. The number of benzene rings is 2. The van der Waals surface area contributed by atoms with E-state index in [1.54, 1.807) is 11.9 Å². The standard InChI is InChI=1S/C18H18N2O2/c1-20-16(21)12-15(17(20)13-8-4-2-5-9-13)18(22)19-14-10-6-3-7-11-14/h2-11,15,17H,12H2,1H3,(H,19,22). The first-order valence-corrected chi connectivity index (χ1v) is 7.33. The minimum Gasteiger partial charge on any atom is -0.338 e. The second-order valence-corrected chi connectivity index (χ2v) is 5.53. The van der Waals surface area contributed by atoms with Crippen LogP contribution in [-0.4, -0.2) is 23.8 Å². The predicted molar refractivity (Wildman–Crippen MR) is 85.1 cm³/mol. The number of anilines is 1. The fourth-order valence-corrected chi connectivity index (χ4v) is 2.97. The summed E-state index contributed by atoms with van der Waals surface area (Å²) in [5.41, 5.74) is 1.74. The van der Waals surface area contributed by atoms with Gasteiger partial charge in [-0.3, -0.25) is 9.59 Å². The first-order valence-electron chi connectivity index (χ1n) is 7.33. The summed E-state index contributed by atoms with van der Waals surface area (Å²) in [5, 5.41) is 2.91. The molecule has 1 N–H and O–H groups in total. The Morgan fingerprint density at radius 2 is 1.64 bits per heavy atom. The Balaban J connectivity index is 1.84. The van der Waals surface area contributed by atoms with E-state index in [-0.39, 0.29) is 30.2 Å². The molecule has 0 aromatic heterocycles. The molecule has 2 aromatic carbocycles. The van der Waals surface area contributed by atoms with Crippen molar-refractivity contribution in [3.63, 3.8) is 0 Å². The zero-order valence-corrected chi connectivity index (χ0v) is 12.4. The SMILES string of the molecule is CN1C(=O)CC(C(=O)Nc2ccccc2)C1c1ccccc1. The lowest BCUT2D eigenvalue weighted by molar-refractivity contribution is -0.127. The van der Waals surface area contributed by atoms with Crippen LogP contribution in [0.25, 0.3) is 0 Å².